The quantitative estimate of drug-likeness (QED) is 0.232. The standard InChI is InChI=1S/C37H44ClFN2O4/c1-4-44-33-21-29-25(19-30(33)39)18-26(17-23(2)22-45-32-11-16-40-31-10-5-7-24(3)34(31)32)36(29)12-14-37(15-13-36,35(42)43)41-28-9-6-8-27(38)20-28/h6,8-9,11,16,19-21,23-24,26,41H,4-5,7,10,12-15,17-18,22H2,1-3H3,(H,42,43)/t23-,24-,26+,36?,37?/m1/s1. The Bertz CT molecular complexity index is 1550. The van der Waals surface area contributed by atoms with Crippen LogP contribution in [-0.2, 0) is 23.1 Å². The van der Waals surface area contributed by atoms with Gasteiger partial charge in [-0.3, -0.25) is 4.98 Å². The first-order valence-corrected chi connectivity index (χ1v) is 16.9. The van der Waals surface area contributed by atoms with Crippen LogP contribution < -0.4 is 14.8 Å². The van der Waals surface area contributed by atoms with Gasteiger partial charge < -0.3 is 19.9 Å². The summed E-state index contributed by atoms with van der Waals surface area (Å²) in [7, 11) is 0. The highest BCUT2D eigenvalue weighted by molar-refractivity contribution is 6.30. The third-order valence-electron chi connectivity index (χ3n) is 10.6. The normalized spacial score (nSPS) is 26.2. The molecule has 0 saturated heterocycles. The van der Waals surface area contributed by atoms with Gasteiger partial charge in [-0.1, -0.05) is 31.5 Å². The van der Waals surface area contributed by atoms with E-state index in [0.29, 0.717) is 55.5 Å². The molecule has 1 fully saturated rings. The average Bonchev–Trinajstić information content (AvgIpc) is 3.28. The van der Waals surface area contributed by atoms with Crippen LogP contribution in [0, 0.1) is 17.7 Å². The Balaban J connectivity index is 1.25. The summed E-state index contributed by atoms with van der Waals surface area (Å²) in [6.45, 7) is 7.30. The van der Waals surface area contributed by atoms with Gasteiger partial charge in [-0.2, -0.15) is 0 Å². The molecule has 0 unspecified atom stereocenters. The predicted octanol–water partition coefficient (Wildman–Crippen LogP) is 8.74. The van der Waals surface area contributed by atoms with Crippen LogP contribution in [-0.4, -0.2) is 34.8 Å². The fourth-order valence-corrected chi connectivity index (χ4v) is 8.56. The Morgan fingerprint density at radius 3 is 2.69 bits per heavy atom. The van der Waals surface area contributed by atoms with E-state index in [0.717, 1.165) is 54.7 Å². The number of benzene rings is 2. The molecule has 0 aliphatic heterocycles. The lowest BCUT2D eigenvalue weighted by atomic mass is 9.59. The lowest BCUT2D eigenvalue weighted by Crippen LogP contribution is -2.53. The number of hydrogen-bond donors (Lipinski definition) is 2. The second kappa shape index (κ2) is 12.8. The van der Waals surface area contributed by atoms with Crippen molar-refractivity contribution in [3.05, 3.63) is 81.9 Å². The summed E-state index contributed by atoms with van der Waals surface area (Å²) in [4.78, 5) is 17.4. The number of carboxylic acid groups (broad SMARTS) is 1. The molecule has 3 aliphatic carbocycles. The van der Waals surface area contributed by atoms with Gasteiger partial charge in [0.1, 0.15) is 11.3 Å². The summed E-state index contributed by atoms with van der Waals surface area (Å²) < 4.78 is 27.3. The number of rotatable bonds is 10. The molecule has 1 spiro atoms. The van der Waals surface area contributed by atoms with Gasteiger partial charge in [-0.25, -0.2) is 9.18 Å². The molecule has 1 heterocycles. The zero-order chi connectivity index (χ0) is 31.8. The van der Waals surface area contributed by atoms with Gasteiger partial charge >= 0.3 is 5.97 Å². The summed E-state index contributed by atoms with van der Waals surface area (Å²) in [5.74, 6) is 0.934. The summed E-state index contributed by atoms with van der Waals surface area (Å²) in [6, 6.07) is 12.8. The number of nitrogens with one attached hydrogen (secondary N) is 1. The van der Waals surface area contributed by atoms with Crippen molar-refractivity contribution in [2.24, 2.45) is 11.8 Å². The van der Waals surface area contributed by atoms with Gasteiger partial charge in [0, 0.05) is 28.2 Å². The van der Waals surface area contributed by atoms with E-state index in [2.05, 4.69) is 24.1 Å². The molecular formula is C37H44ClFN2O4. The van der Waals surface area contributed by atoms with Gasteiger partial charge in [0.2, 0.25) is 0 Å². The maximum Gasteiger partial charge on any atom is 0.329 e. The number of nitrogens with zero attached hydrogens (tertiary/aromatic N) is 1. The first-order chi connectivity index (χ1) is 21.6. The van der Waals surface area contributed by atoms with E-state index >= 15 is 4.39 Å². The number of carboxylic acids is 1. The highest BCUT2D eigenvalue weighted by Crippen LogP contribution is 2.57. The van der Waals surface area contributed by atoms with Gasteiger partial charge in [-0.15, -0.1) is 0 Å². The highest BCUT2D eigenvalue weighted by atomic mass is 35.5. The van der Waals surface area contributed by atoms with Crippen molar-refractivity contribution in [2.45, 2.75) is 95.4 Å². The van der Waals surface area contributed by atoms with E-state index in [1.807, 2.05) is 37.4 Å². The Morgan fingerprint density at radius 2 is 1.96 bits per heavy atom. The van der Waals surface area contributed by atoms with Crippen LogP contribution in [0.5, 0.6) is 11.5 Å². The topological polar surface area (TPSA) is 80.7 Å². The van der Waals surface area contributed by atoms with Crippen LogP contribution in [0.25, 0.3) is 0 Å². The minimum Gasteiger partial charge on any atom is -0.493 e. The minimum atomic E-state index is -1.11. The number of aromatic nitrogens is 1. The van der Waals surface area contributed by atoms with E-state index in [9.17, 15) is 9.90 Å². The molecule has 0 bridgehead atoms. The number of anilines is 1. The van der Waals surface area contributed by atoms with Crippen LogP contribution in [0.1, 0.15) is 94.0 Å². The van der Waals surface area contributed by atoms with E-state index in [-0.39, 0.29) is 28.8 Å². The Hall–Kier alpha value is -3.32. The van der Waals surface area contributed by atoms with Crippen LogP contribution in [0.3, 0.4) is 0 Å². The molecule has 240 valence electrons. The number of carbonyl (C=O) groups is 1. The molecular weight excluding hydrogens is 591 g/mol. The summed E-state index contributed by atoms with van der Waals surface area (Å²) >= 11 is 6.23. The van der Waals surface area contributed by atoms with Crippen LogP contribution in [0.15, 0.2) is 48.7 Å². The first kappa shape index (κ1) is 31.7. The Morgan fingerprint density at radius 1 is 1.16 bits per heavy atom. The first-order valence-electron chi connectivity index (χ1n) is 16.5. The van der Waals surface area contributed by atoms with Crippen LogP contribution in [0.2, 0.25) is 5.02 Å². The molecule has 45 heavy (non-hydrogen) atoms. The average molecular weight is 635 g/mol. The second-order valence-corrected chi connectivity index (χ2v) is 14.0. The van der Waals surface area contributed by atoms with E-state index in [4.69, 9.17) is 21.1 Å². The monoisotopic (exact) mass is 634 g/mol. The zero-order valence-electron chi connectivity index (χ0n) is 26.5. The number of aryl methyl sites for hydroxylation is 1. The fraction of sp³-hybridized carbons (Fsp3) is 0.514. The SMILES string of the molecule is CCOc1cc2c(cc1F)C[C@H](C[C@@H](C)COc1ccnc3c1[C@H](C)CCC3)C21CCC(Nc2cccc(Cl)c2)(C(=O)O)CC1. The minimum absolute atomic E-state index is 0.227. The van der Waals surface area contributed by atoms with Gasteiger partial charge in [0.25, 0.3) is 0 Å². The van der Waals surface area contributed by atoms with Crippen LogP contribution in [0.4, 0.5) is 10.1 Å². The van der Waals surface area contributed by atoms with E-state index in [1.165, 1.54) is 5.56 Å². The Kier molecular flexibility index (Phi) is 9.02. The molecule has 1 aromatic heterocycles. The van der Waals surface area contributed by atoms with Crippen molar-refractivity contribution in [3.63, 3.8) is 0 Å². The zero-order valence-corrected chi connectivity index (χ0v) is 27.3. The van der Waals surface area contributed by atoms with E-state index in [1.54, 1.807) is 18.2 Å². The smallest absolute Gasteiger partial charge is 0.329 e. The molecule has 8 heteroatoms. The molecule has 0 amide bonds. The molecule has 1 saturated carbocycles. The van der Waals surface area contributed by atoms with Crippen molar-refractivity contribution in [1.82, 2.24) is 4.98 Å². The molecule has 6 rings (SSSR count). The molecule has 0 radical (unpaired) electrons. The number of ether oxygens (including phenoxy) is 2. The second-order valence-electron chi connectivity index (χ2n) is 13.6. The third-order valence-corrected chi connectivity index (χ3v) is 10.9. The molecule has 2 aromatic carbocycles. The molecule has 3 aliphatic rings. The number of hydrogen-bond acceptors (Lipinski definition) is 5. The lowest BCUT2D eigenvalue weighted by Gasteiger charge is -2.47. The number of halogens is 2. The summed E-state index contributed by atoms with van der Waals surface area (Å²) in [5.41, 5.74) is 3.85. The predicted molar refractivity (Wildman–Crippen MR) is 175 cm³/mol. The largest absolute Gasteiger partial charge is 0.493 e. The molecule has 6 nitrogen and oxygen atoms in total. The van der Waals surface area contributed by atoms with E-state index < -0.39 is 11.5 Å². The number of aliphatic carboxylic acids is 1. The molecule has 3 atom stereocenters. The third kappa shape index (κ3) is 6.13. The van der Waals surface area contributed by atoms with Gasteiger partial charge in [-0.05, 0) is 135 Å². The van der Waals surface area contributed by atoms with Gasteiger partial charge in [0.15, 0.2) is 11.6 Å². The maximum atomic E-state index is 15.1. The summed E-state index contributed by atoms with van der Waals surface area (Å²) in [6.07, 6.45) is 9.05. The van der Waals surface area contributed by atoms with Crippen molar-refractivity contribution >= 4 is 23.3 Å². The Labute approximate surface area is 270 Å². The van der Waals surface area contributed by atoms with Crippen molar-refractivity contribution in [2.75, 3.05) is 18.5 Å². The van der Waals surface area contributed by atoms with Crippen molar-refractivity contribution in [3.8, 4) is 11.5 Å². The van der Waals surface area contributed by atoms with Crippen LogP contribution >= 0.6 is 11.6 Å². The molecule has 3 aromatic rings. The maximum absolute atomic E-state index is 15.1. The fourth-order valence-electron chi connectivity index (χ4n) is 8.37. The number of pyridine rings is 1. The van der Waals surface area contributed by atoms with Crippen molar-refractivity contribution < 1.29 is 23.8 Å². The van der Waals surface area contributed by atoms with Gasteiger partial charge in [0.05, 0.1) is 13.2 Å². The van der Waals surface area contributed by atoms with Crippen molar-refractivity contribution in [1.29, 1.82) is 0 Å². The summed E-state index contributed by atoms with van der Waals surface area (Å²) in [5, 5.41) is 14.4. The number of fused-ring (bicyclic) bond motifs is 3. The molecule has 2 N–H and O–H groups in total. The lowest BCUT2D eigenvalue weighted by molar-refractivity contribution is -0.144. The highest BCUT2D eigenvalue weighted by Gasteiger charge is 2.54.